The van der Waals surface area contributed by atoms with Crippen LogP contribution in [-0.4, -0.2) is 14.7 Å². The number of halogens is 1. The van der Waals surface area contributed by atoms with Crippen molar-refractivity contribution in [3.05, 3.63) is 53.6 Å². The molecule has 0 radical (unpaired) electrons. The van der Waals surface area contributed by atoms with E-state index in [1.165, 1.54) is 0 Å². The Morgan fingerprint density at radius 3 is 2.53 bits per heavy atom. The Labute approximate surface area is 118 Å². The number of benzene rings is 1. The van der Waals surface area contributed by atoms with Gasteiger partial charge in [-0.25, -0.2) is 4.98 Å². The van der Waals surface area contributed by atoms with Crippen LogP contribution in [0.1, 0.15) is 25.8 Å². The van der Waals surface area contributed by atoms with Gasteiger partial charge in [0.25, 0.3) is 0 Å². The van der Waals surface area contributed by atoms with Gasteiger partial charge in [0.05, 0.1) is 11.9 Å². The van der Waals surface area contributed by atoms with Crippen LogP contribution in [0.25, 0.3) is 0 Å². The third-order valence-electron chi connectivity index (χ3n) is 3.61. The van der Waals surface area contributed by atoms with Gasteiger partial charge in [-0.05, 0) is 30.0 Å². The fraction of sp³-hybridized carbons (Fsp3) is 0.400. The molecule has 2 rings (SSSR count). The summed E-state index contributed by atoms with van der Waals surface area (Å²) in [6.45, 7) is 4.79. The van der Waals surface area contributed by atoms with Crippen molar-refractivity contribution < 1.29 is 5.11 Å². The van der Waals surface area contributed by atoms with Gasteiger partial charge < -0.3 is 9.67 Å². The highest BCUT2D eigenvalue weighted by atomic mass is 35.5. The largest absolute Gasteiger partial charge is 0.385 e. The summed E-state index contributed by atoms with van der Waals surface area (Å²) >= 11 is 5.91. The van der Waals surface area contributed by atoms with E-state index in [2.05, 4.69) is 4.98 Å². The minimum Gasteiger partial charge on any atom is -0.385 e. The fourth-order valence-electron chi connectivity index (χ4n) is 2.22. The van der Waals surface area contributed by atoms with Crippen molar-refractivity contribution in [2.75, 3.05) is 0 Å². The molecule has 0 bridgehead atoms. The van der Waals surface area contributed by atoms with E-state index < -0.39 is 5.60 Å². The Bertz CT molecular complexity index is 507. The van der Waals surface area contributed by atoms with Gasteiger partial charge in [0.1, 0.15) is 0 Å². The summed E-state index contributed by atoms with van der Waals surface area (Å²) in [6, 6.07) is 7.44. The molecule has 4 heteroatoms. The average Bonchev–Trinajstić information content (AvgIpc) is 2.89. The van der Waals surface area contributed by atoms with Crippen LogP contribution in [-0.2, 0) is 12.1 Å². The molecule has 102 valence electrons. The highest BCUT2D eigenvalue weighted by Gasteiger charge is 2.32. The highest BCUT2D eigenvalue weighted by Crippen LogP contribution is 2.34. The molecule has 0 amide bonds. The molecule has 0 saturated carbocycles. The van der Waals surface area contributed by atoms with Gasteiger partial charge in [0.15, 0.2) is 0 Å². The standard InChI is InChI=1S/C15H19ClN2O/c1-12(2)15(19,7-9-18-10-8-17-11-18)13-3-5-14(16)6-4-13/h3-6,8,10-12,19H,7,9H2,1-2H3. The predicted octanol–water partition coefficient (Wildman–Crippen LogP) is 3.47. The summed E-state index contributed by atoms with van der Waals surface area (Å²) in [5, 5.41) is 11.7. The van der Waals surface area contributed by atoms with Crippen LogP contribution in [0, 0.1) is 5.92 Å². The zero-order valence-corrected chi connectivity index (χ0v) is 12.0. The molecule has 1 unspecified atom stereocenters. The quantitative estimate of drug-likeness (QED) is 0.909. The van der Waals surface area contributed by atoms with Gasteiger partial charge in [0, 0.05) is 24.0 Å². The molecule has 0 aliphatic rings. The summed E-state index contributed by atoms with van der Waals surface area (Å²) in [7, 11) is 0. The van der Waals surface area contributed by atoms with Crippen molar-refractivity contribution in [3.8, 4) is 0 Å². The van der Waals surface area contributed by atoms with Crippen LogP contribution >= 0.6 is 11.6 Å². The summed E-state index contributed by atoms with van der Waals surface area (Å²) in [5.74, 6) is 0.122. The van der Waals surface area contributed by atoms with Crippen LogP contribution in [0.3, 0.4) is 0 Å². The lowest BCUT2D eigenvalue weighted by Gasteiger charge is -2.33. The average molecular weight is 279 g/mol. The molecule has 3 nitrogen and oxygen atoms in total. The molecule has 0 saturated heterocycles. The summed E-state index contributed by atoms with van der Waals surface area (Å²) in [5.41, 5.74) is 0.0570. The molecule has 0 spiro atoms. The minimum atomic E-state index is -0.852. The number of aromatic nitrogens is 2. The zero-order valence-electron chi connectivity index (χ0n) is 11.3. The molecule has 0 aliphatic heterocycles. The zero-order chi connectivity index (χ0) is 13.9. The van der Waals surface area contributed by atoms with E-state index in [0.29, 0.717) is 11.4 Å². The van der Waals surface area contributed by atoms with Crippen LogP contribution in [0.15, 0.2) is 43.0 Å². The monoisotopic (exact) mass is 278 g/mol. The van der Waals surface area contributed by atoms with Gasteiger partial charge >= 0.3 is 0 Å². The molecular formula is C15H19ClN2O. The SMILES string of the molecule is CC(C)C(O)(CCn1ccnc1)c1ccc(Cl)cc1. The van der Waals surface area contributed by atoms with Crippen LogP contribution < -0.4 is 0 Å². The van der Waals surface area contributed by atoms with Crippen LogP contribution in [0.5, 0.6) is 0 Å². The summed E-state index contributed by atoms with van der Waals surface area (Å²) < 4.78 is 1.98. The lowest BCUT2D eigenvalue weighted by Crippen LogP contribution is -2.33. The van der Waals surface area contributed by atoms with E-state index >= 15 is 0 Å². The number of imidazole rings is 1. The summed E-state index contributed by atoms with van der Waals surface area (Å²) in [4.78, 5) is 4.02. The smallest absolute Gasteiger partial charge is 0.0945 e. The maximum Gasteiger partial charge on any atom is 0.0945 e. The molecule has 1 aromatic heterocycles. The molecular weight excluding hydrogens is 260 g/mol. The minimum absolute atomic E-state index is 0.122. The number of aryl methyl sites for hydroxylation is 1. The molecule has 1 heterocycles. The normalized spacial score (nSPS) is 14.6. The molecule has 1 aromatic carbocycles. The number of hydrogen-bond donors (Lipinski definition) is 1. The van der Waals surface area contributed by atoms with E-state index in [0.717, 1.165) is 12.1 Å². The van der Waals surface area contributed by atoms with Crippen molar-refractivity contribution in [2.45, 2.75) is 32.4 Å². The first kappa shape index (κ1) is 14.1. The summed E-state index contributed by atoms with van der Waals surface area (Å²) in [6.07, 6.45) is 6.06. The molecule has 0 aliphatic carbocycles. The Hall–Kier alpha value is -1.32. The highest BCUT2D eigenvalue weighted by molar-refractivity contribution is 6.30. The Morgan fingerprint density at radius 1 is 1.32 bits per heavy atom. The third kappa shape index (κ3) is 3.17. The first-order valence-electron chi connectivity index (χ1n) is 6.46. The molecule has 0 fully saturated rings. The van der Waals surface area contributed by atoms with Crippen molar-refractivity contribution in [1.29, 1.82) is 0 Å². The second kappa shape index (κ2) is 5.76. The number of nitrogens with zero attached hydrogens (tertiary/aromatic N) is 2. The Kier molecular flexibility index (Phi) is 4.27. The second-order valence-electron chi connectivity index (χ2n) is 5.14. The van der Waals surface area contributed by atoms with Gasteiger partial charge in [-0.2, -0.15) is 0 Å². The lowest BCUT2D eigenvalue weighted by molar-refractivity contribution is -0.0221. The topological polar surface area (TPSA) is 38.0 Å². The molecule has 1 atom stereocenters. The Morgan fingerprint density at radius 2 is 2.00 bits per heavy atom. The fourth-order valence-corrected chi connectivity index (χ4v) is 2.35. The molecule has 2 aromatic rings. The third-order valence-corrected chi connectivity index (χ3v) is 3.86. The maximum atomic E-state index is 11.0. The van der Waals surface area contributed by atoms with E-state index in [4.69, 9.17) is 11.6 Å². The number of rotatable bonds is 5. The first-order chi connectivity index (χ1) is 9.02. The Balaban J connectivity index is 2.19. The first-order valence-corrected chi connectivity index (χ1v) is 6.84. The molecule has 1 N–H and O–H groups in total. The van der Waals surface area contributed by atoms with E-state index in [1.807, 2.05) is 48.9 Å². The van der Waals surface area contributed by atoms with Crippen molar-refractivity contribution >= 4 is 11.6 Å². The van der Waals surface area contributed by atoms with Crippen LogP contribution in [0.4, 0.5) is 0 Å². The van der Waals surface area contributed by atoms with Gasteiger partial charge in [-0.1, -0.05) is 37.6 Å². The van der Waals surface area contributed by atoms with Crippen molar-refractivity contribution in [1.82, 2.24) is 9.55 Å². The van der Waals surface area contributed by atoms with E-state index in [1.54, 1.807) is 12.5 Å². The van der Waals surface area contributed by atoms with Gasteiger partial charge in [-0.15, -0.1) is 0 Å². The van der Waals surface area contributed by atoms with Crippen molar-refractivity contribution in [3.63, 3.8) is 0 Å². The van der Waals surface area contributed by atoms with Crippen molar-refractivity contribution in [2.24, 2.45) is 5.92 Å². The number of aliphatic hydroxyl groups is 1. The van der Waals surface area contributed by atoms with Gasteiger partial charge in [-0.3, -0.25) is 0 Å². The molecule has 19 heavy (non-hydrogen) atoms. The maximum absolute atomic E-state index is 11.0. The second-order valence-corrected chi connectivity index (χ2v) is 5.57. The van der Waals surface area contributed by atoms with Gasteiger partial charge in [0.2, 0.25) is 0 Å². The predicted molar refractivity (Wildman–Crippen MR) is 77.0 cm³/mol. The van der Waals surface area contributed by atoms with E-state index in [-0.39, 0.29) is 5.92 Å². The van der Waals surface area contributed by atoms with Crippen LogP contribution in [0.2, 0.25) is 5.02 Å². The van der Waals surface area contributed by atoms with E-state index in [9.17, 15) is 5.11 Å². The number of hydrogen-bond acceptors (Lipinski definition) is 2. The lowest BCUT2D eigenvalue weighted by atomic mass is 9.81.